The molecule has 0 spiro atoms. The minimum atomic E-state index is -0.512. The lowest BCUT2D eigenvalue weighted by molar-refractivity contribution is 0.449. The Labute approximate surface area is 111 Å². The lowest BCUT2D eigenvalue weighted by Gasteiger charge is -2.16. The molecule has 17 heavy (non-hydrogen) atoms. The van der Waals surface area contributed by atoms with Crippen LogP contribution >= 0.6 is 27.5 Å². The summed E-state index contributed by atoms with van der Waals surface area (Å²) in [7, 11) is 0. The van der Waals surface area contributed by atoms with Crippen molar-refractivity contribution in [3.05, 3.63) is 57.2 Å². The van der Waals surface area contributed by atoms with E-state index in [1.54, 1.807) is 18.2 Å². The summed E-state index contributed by atoms with van der Waals surface area (Å²) in [5.41, 5.74) is 3.07. The quantitative estimate of drug-likeness (QED) is 0.673. The van der Waals surface area contributed by atoms with Crippen LogP contribution < -0.4 is 11.3 Å². The Morgan fingerprint density at radius 2 is 2.18 bits per heavy atom. The lowest BCUT2D eigenvalue weighted by Crippen LogP contribution is -2.29. The van der Waals surface area contributed by atoms with E-state index < -0.39 is 11.9 Å². The Hall–Kier alpha value is -0.880. The van der Waals surface area contributed by atoms with Gasteiger partial charge >= 0.3 is 0 Å². The van der Waals surface area contributed by atoms with Crippen molar-refractivity contribution in [3.63, 3.8) is 0 Å². The standard InChI is InChI=1S/C11H9BrClFN2O/c12-7-4-5-17-11(7)10(16-15)6-2-1-3-8(14)9(6)13/h1-5,10,16H,15H2. The largest absolute Gasteiger partial charge is 0.466 e. The second kappa shape index (κ2) is 5.18. The highest BCUT2D eigenvalue weighted by Crippen LogP contribution is 2.33. The molecule has 0 aliphatic heterocycles. The maximum absolute atomic E-state index is 13.4. The molecule has 0 radical (unpaired) electrons. The minimum Gasteiger partial charge on any atom is -0.466 e. The molecule has 3 nitrogen and oxygen atoms in total. The van der Waals surface area contributed by atoms with E-state index in [0.717, 1.165) is 4.47 Å². The van der Waals surface area contributed by atoms with Crippen molar-refractivity contribution in [1.82, 2.24) is 5.43 Å². The number of hydrogen-bond donors (Lipinski definition) is 2. The number of hydrazine groups is 1. The van der Waals surface area contributed by atoms with Crippen LogP contribution in [0.5, 0.6) is 0 Å². The summed E-state index contributed by atoms with van der Waals surface area (Å²) < 4.78 is 19.4. The summed E-state index contributed by atoms with van der Waals surface area (Å²) in [6, 6.07) is 5.76. The predicted molar refractivity (Wildman–Crippen MR) is 67.0 cm³/mol. The van der Waals surface area contributed by atoms with Crippen LogP contribution in [0.25, 0.3) is 0 Å². The fourth-order valence-corrected chi connectivity index (χ4v) is 2.23. The van der Waals surface area contributed by atoms with Crippen LogP contribution in [-0.4, -0.2) is 0 Å². The molecular weight excluding hydrogens is 310 g/mol. The molecule has 3 N–H and O–H groups in total. The molecular formula is C11H9BrClFN2O. The lowest BCUT2D eigenvalue weighted by atomic mass is 10.1. The van der Waals surface area contributed by atoms with Gasteiger partial charge in [-0.2, -0.15) is 0 Å². The van der Waals surface area contributed by atoms with E-state index in [2.05, 4.69) is 21.4 Å². The first-order valence-corrected chi connectivity index (χ1v) is 5.95. The average molecular weight is 320 g/mol. The van der Waals surface area contributed by atoms with Crippen molar-refractivity contribution < 1.29 is 8.81 Å². The molecule has 6 heteroatoms. The maximum atomic E-state index is 13.4. The van der Waals surface area contributed by atoms with Gasteiger partial charge in [-0.3, -0.25) is 5.84 Å². The number of nitrogens with one attached hydrogen (secondary N) is 1. The number of furan rings is 1. The van der Waals surface area contributed by atoms with Gasteiger partial charge in [-0.25, -0.2) is 9.82 Å². The summed E-state index contributed by atoms with van der Waals surface area (Å²) in [6.07, 6.45) is 1.51. The predicted octanol–water partition coefficient (Wildman–Crippen LogP) is 3.39. The Morgan fingerprint density at radius 1 is 1.41 bits per heavy atom. The van der Waals surface area contributed by atoms with Crippen molar-refractivity contribution >= 4 is 27.5 Å². The molecule has 1 aromatic carbocycles. The van der Waals surface area contributed by atoms with Crippen molar-refractivity contribution in [2.45, 2.75) is 6.04 Å². The zero-order valence-corrected chi connectivity index (χ0v) is 10.9. The van der Waals surface area contributed by atoms with Gasteiger partial charge < -0.3 is 4.42 Å². The van der Waals surface area contributed by atoms with E-state index >= 15 is 0 Å². The summed E-state index contributed by atoms with van der Waals surface area (Å²) in [5, 5.41) is 0.0266. The third-order valence-electron chi connectivity index (χ3n) is 2.37. The second-order valence-electron chi connectivity index (χ2n) is 3.38. The number of nitrogens with two attached hydrogens (primary N) is 1. The van der Waals surface area contributed by atoms with Crippen LogP contribution in [-0.2, 0) is 0 Å². The normalized spacial score (nSPS) is 12.7. The molecule has 2 aromatic rings. The van der Waals surface area contributed by atoms with Gasteiger partial charge in [0.15, 0.2) is 0 Å². The molecule has 90 valence electrons. The zero-order chi connectivity index (χ0) is 12.4. The molecule has 1 atom stereocenters. The van der Waals surface area contributed by atoms with Crippen LogP contribution in [0.15, 0.2) is 39.4 Å². The Balaban J connectivity index is 2.50. The zero-order valence-electron chi connectivity index (χ0n) is 8.58. The van der Waals surface area contributed by atoms with Crippen LogP contribution in [0.4, 0.5) is 4.39 Å². The van der Waals surface area contributed by atoms with Gasteiger partial charge in [0.05, 0.1) is 15.8 Å². The van der Waals surface area contributed by atoms with Crippen molar-refractivity contribution in [3.8, 4) is 0 Å². The average Bonchev–Trinajstić information content (AvgIpc) is 2.72. The van der Waals surface area contributed by atoms with Gasteiger partial charge in [-0.15, -0.1) is 0 Å². The SMILES string of the molecule is NNC(c1cccc(F)c1Cl)c1occc1Br. The summed E-state index contributed by atoms with van der Waals surface area (Å²) >= 11 is 9.23. The van der Waals surface area contributed by atoms with Crippen LogP contribution in [0.2, 0.25) is 5.02 Å². The maximum Gasteiger partial charge on any atom is 0.142 e. The molecule has 0 saturated carbocycles. The molecule has 0 aliphatic rings. The van der Waals surface area contributed by atoms with E-state index in [9.17, 15) is 4.39 Å². The molecule has 0 bridgehead atoms. The molecule has 0 amide bonds. The summed E-state index contributed by atoms with van der Waals surface area (Å²) in [5.74, 6) is 5.52. The second-order valence-corrected chi connectivity index (χ2v) is 4.61. The highest BCUT2D eigenvalue weighted by molar-refractivity contribution is 9.10. The number of hydrogen-bond acceptors (Lipinski definition) is 3. The Bertz CT molecular complexity index is 532. The molecule has 1 heterocycles. The summed E-state index contributed by atoms with van der Waals surface area (Å²) in [4.78, 5) is 0. The van der Waals surface area contributed by atoms with Gasteiger partial charge in [0.25, 0.3) is 0 Å². The molecule has 2 rings (SSSR count). The number of halogens is 3. The van der Waals surface area contributed by atoms with Crippen LogP contribution in [0, 0.1) is 5.82 Å². The van der Waals surface area contributed by atoms with Gasteiger partial charge in [-0.05, 0) is 33.6 Å². The van der Waals surface area contributed by atoms with E-state index in [0.29, 0.717) is 11.3 Å². The third kappa shape index (κ3) is 2.37. The first kappa shape index (κ1) is 12.6. The van der Waals surface area contributed by atoms with Gasteiger partial charge in [0.2, 0.25) is 0 Å². The van der Waals surface area contributed by atoms with Crippen molar-refractivity contribution in [2.75, 3.05) is 0 Å². The fraction of sp³-hybridized carbons (Fsp3) is 0.0909. The Morgan fingerprint density at radius 3 is 2.76 bits per heavy atom. The van der Waals surface area contributed by atoms with Crippen LogP contribution in [0.3, 0.4) is 0 Å². The molecule has 1 aromatic heterocycles. The van der Waals surface area contributed by atoms with Crippen molar-refractivity contribution in [1.29, 1.82) is 0 Å². The molecule has 0 aliphatic carbocycles. The minimum absolute atomic E-state index is 0.0266. The van der Waals surface area contributed by atoms with Gasteiger partial charge in [-0.1, -0.05) is 23.7 Å². The Kier molecular flexibility index (Phi) is 3.83. The first-order chi connectivity index (χ1) is 8.15. The van der Waals surface area contributed by atoms with Crippen LogP contribution in [0.1, 0.15) is 17.4 Å². The third-order valence-corrected chi connectivity index (χ3v) is 3.42. The highest BCUT2D eigenvalue weighted by Gasteiger charge is 2.22. The van der Waals surface area contributed by atoms with E-state index in [-0.39, 0.29) is 5.02 Å². The summed E-state index contributed by atoms with van der Waals surface area (Å²) in [6.45, 7) is 0. The van der Waals surface area contributed by atoms with E-state index in [4.69, 9.17) is 21.9 Å². The number of rotatable bonds is 3. The smallest absolute Gasteiger partial charge is 0.142 e. The highest BCUT2D eigenvalue weighted by atomic mass is 79.9. The number of benzene rings is 1. The van der Waals surface area contributed by atoms with Gasteiger partial charge in [0.1, 0.15) is 17.6 Å². The fourth-order valence-electron chi connectivity index (χ4n) is 1.56. The molecule has 0 saturated heterocycles. The molecule has 1 unspecified atom stereocenters. The molecule has 0 fully saturated rings. The van der Waals surface area contributed by atoms with E-state index in [1.165, 1.54) is 12.3 Å². The first-order valence-electron chi connectivity index (χ1n) is 4.78. The van der Waals surface area contributed by atoms with E-state index in [1.807, 2.05) is 0 Å². The van der Waals surface area contributed by atoms with Gasteiger partial charge in [0, 0.05) is 0 Å². The van der Waals surface area contributed by atoms with Crippen molar-refractivity contribution in [2.24, 2.45) is 5.84 Å². The topological polar surface area (TPSA) is 51.2 Å². The monoisotopic (exact) mass is 318 g/mol.